The molecule has 4 nitrogen and oxygen atoms in total. The molecule has 0 N–H and O–H groups in total. The summed E-state index contributed by atoms with van der Waals surface area (Å²) in [5.74, 6) is 0. The number of hydrogen-bond donors (Lipinski definition) is 0. The van der Waals surface area contributed by atoms with Gasteiger partial charge in [-0.1, -0.05) is 30.3 Å². The summed E-state index contributed by atoms with van der Waals surface area (Å²) in [6.07, 6.45) is -49.0. The largest absolute Gasteiger partial charge is 0.416 e. The minimum Gasteiger partial charge on any atom is -0.308 e. The van der Waals surface area contributed by atoms with Gasteiger partial charge in [0.15, 0.2) is 0 Å². The fourth-order valence-corrected chi connectivity index (χ4v) is 12.1. The third-order valence-electron chi connectivity index (χ3n) is 16.6. The highest BCUT2D eigenvalue weighted by atomic mass is 19.4. The number of hydrogen-bond acceptors (Lipinski definition) is 2. The van der Waals surface area contributed by atoms with Crippen LogP contribution in [-0.4, -0.2) is 9.13 Å². The van der Waals surface area contributed by atoms with Gasteiger partial charge >= 0.3 is 55.6 Å². The molecule has 2 aromatic heterocycles. The van der Waals surface area contributed by atoms with Gasteiger partial charge in [-0.2, -0.15) is 129 Å². The number of benzene rings is 10. The smallest absolute Gasteiger partial charge is 0.308 e. The Morgan fingerprint density at radius 3 is 0.716 bits per heavy atom. The average molecular weight is 1450 g/mol. The Morgan fingerprint density at radius 2 is 0.471 bits per heavy atom. The normalized spacial score (nSPS) is 13.2. The van der Waals surface area contributed by atoms with E-state index >= 15 is 0 Å². The molecular formula is C71H29F27N4. The molecule has 0 amide bonds. The van der Waals surface area contributed by atoms with E-state index in [0.717, 1.165) is 100 Å². The standard InChI is InChI=1S/C71H29F27N4/c72-63(73,74)42-12-32(30-99)11-41(21-42)51-5-10-61(101-57-6-1-33(37-13-43(64(75,76)77)26-44(14-37)65(78,79)80)22-52(57)53-23-34(2-7-58(53)101)38-15-45(66(81,82)83)27-46(16-38)67(84,85)86)56(31-100)62(51)102-59-8-3-35(39-17-47(68(87,88)89)28-48(18-39)69(90,91)92)24-54(59)55-25-36(4-9-60(55)102)40-19-49(70(93,94)95)29-50(20-40)71(96,97)98/h1-29H. The summed E-state index contributed by atoms with van der Waals surface area (Å²) in [6, 6.07) is 20.3. The Balaban J connectivity index is 1.23. The second-order valence-electron chi connectivity index (χ2n) is 23.2. The van der Waals surface area contributed by atoms with Crippen LogP contribution in [0.5, 0.6) is 0 Å². The van der Waals surface area contributed by atoms with Crippen molar-refractivity contribution >= 4 is 43.6 Å². The van der Waals surface area contributed by atoms with E-state index in [1.807, 2.05) is 6.07 Å². The van der Waals surface area contributed by atoms with Crippen LogP contribution >= 0.6 is 0 Å². The van der Waals surface area contributed by atoms with Crippen molar-refractivity contribution in [2.24, 2.45) is 0 Å². The second-order valence-corrected chi connectivity index (χ2v) is 23.2. The van der Waals surface area contributed by atoms with E-state index in [2.05, 4.69) is 0 Å². The molecule has 0 saturated heterocycles. The maximum atomic E-state index is 14.9. The van der Waals surface area contributed by atoms with Crippen LogP contribution in [-0.2, 0) is 55.6 Å². The first-order valence-corrected chi connectivity index (χ1v) is 28.7. The summed E-state index contributed by atoms with van der Waals surface area (Å²) in [6.45, 7) is 0. The molecule has 31 heteroatoms. The maximum absolute atomic E-state index is 14.9. The van der Waals surface area contributed by atoms with E-state index < -0.39 is 184 Å². The number of halogens is 27. The number of nitriles is 2. The molecule has 0 bridgehead atoms. The molecule has 10 aromatic carbocycles. The van der Waals surface area contributed by atoms with E-state index in [-0.39, 0.29) is 92.1 Å². The van der Waals surface area contributed by atoms with Gasteiger partial charge in [-0.3, -0.25) is 0 Å². The Hall–Kier alpha value is -11.1. The van der Waals surface area contributed by atoms with Crippen LogP contribution in [0.2, 0.25) is 0 Å². The first kappa shape index (κ1) is 70.7. The van der Waals surface area contributed by atoms with Crippen LogP contribution in [0.4, 0.5) is 119 Å². The molecule has 0 radical (unpaired) electrons. The molecule has 2 heterocycles. The van der Waals surface area contributed by atoms with Gasteiger partial charge in [-0.25, -0.2) is 0 Å². The monoisotopic (exact) mass is 1450 g/mol. The van der Waals surface area contributed by atoms with Gasteiger partial charge in [-0.15, -0.1) is 0 Å². The predicted octanol–water partition coefficient (Wildman–Crippen LogP) is 25.1. The van der Waals surface area contributed by atoms with E-state index in [1.54, 1.807) is 6.07 Å². The van der Waals surface area contributed by atoms with Gasteiger partial charge in [-0.05, 0) is 196 Å². The molecule has 0 fully saturated rings. The zero-order valence-electron chi connectivity index (χ0n) is 49.7. The first-order chi connectivity index (χ1) is 47.1. The summed E-state index contributed by atoms with van der Waals surface area (Å²) in [5.41, 5.74) is -26.4. The van der Waals surface area contributed by atoms with Gasteiger partial charge in [0.1, 0.15) is 11.6 Å². The van der Waals surface area contributed by atoms with Crippen molar-refractivity contribution in [3.05, 3.63) is 237 Å². The minimum atomic E-state index is -5.47. The first-order valence-electron chi connectivity index (χ1n) is 28.7. The molecule has 0 unspecified atom stereocenters. The van der Waals surface area contributed by atoms with E-state index in [9.17, 15) is 129 Å². The van der Waals surface area contributed by atoms with Gasteiger partial charge in [0.25, 0.3) is 0 Å². The van der Waals surface area contributed by atoms with Crippen molar-refractivity contribution in [3.63, 3.8) is 0 Å². The van der Waals surface area contributed by atoms with Crippen molar-refractivity contribution < 1.29 is 119 Å². The molecule has 0 saturated carbocycles. The molecule has 0 spiro atoms. The Labute approximate surface area is 552 Å². The van der Waals surface area contributed by atoms with Crippen molar-refractivity contribution in [2.45, 2.75) is 55.6 Å². The summed E-state index contributed by atoms with van der Waals surface area (Å²) in [5, 5.41) is 20.6. The average Bonchev–Trinajstić information content (AvgIpc) is 1.51. The molecule has 102 heavy (non-hydrogen) atoms. The van der Waals surface area contributed by atoms with Crippen molar-refractivity contribution in [3.8, 4) is 79.1 Å². The van der Waals surface area contributed by atoms with Gasteiger partial charge in [0.05, 0.1) is 95.1 Å². The lowest BCUT2D eigenvalue weighted by Crippen LogP contribution is -2.11. The molecule has 0 aliphatic carbocycles. The quantitative estimate of drug-likeness (QED) is 0.149. The van der Waals surface area contributed by atoms with E-state index in [4.69, 9.17) is 0 Å². The van der Waals surface area contributed by atoms with E-state index in [0.29, 0.717) is 36.4 Å². The number of alkyl halides is 27. The highest BCUT2D eigenvalue weighted by molar-refractivity contribution is 6.14. The maximum Gasteiger partial charge on any atom is 0.416 e. The number of aromatic nitrogens is 2. The van der Waals surface area contributed by atoms with Crippen molar-refractivity contribution in [1.82, 2.24) is 9.13 Å². The van der Waals surface area contributed by atoms with Crippen LogP contribution in [0.15, 0.2) is 176 Å². The Kier molecular flexibility index (Phi) is 16.5. The predicted molar refractivity (Wildman–Crippen MR) is 317 cm³/mol. The lowest BCUT2D eigenvalue weighted by atomic mass is 9.95. The fourth-order valence-electron chi connectivity index (χ4n) is 12.1. The van der Waals surface area contributed by atoms with E-state index in [1.165, 1.54) is 0 Å². The molecule has 0 aliphatic heterocycles. The molecule has 0 aliphatic rings. The van der Waals surface area contributed by atoms with Crippen molar-refractivity contribution in [2.75, 3.05) is 0 Å². The SMILES string of the molecule is N#Cc1cc(-c2ccc(-n3c4ccc(-c5cc(C(F)(F)F)cc(C(F)(F)F)c5)cc4c4cc(-c5cc(C(F)(F)F)cc(C(F)(F)F)c5)ccc43)c(C#N)c2-n2c3ccc(-c4cc(C(F)(F)F)cc(C(F)(F)F)c4)cc3c3cc(-c4cc(C(F)(F)F)cc(C(F)(F)F)c4)ccc32)cc(C(F)(F)F)c1. The zero-order valence-corrected chi connectivity index (χ0v) is 49.7. The molecule has 0 atom stereocenters. The van der Waals surface area contributed by atoms with Crippen LogP contribution in [0, 0.1) is 22.7 Å². The van der Waals surface area contributed by atoms with Gasteiger partial charge in [0, 0.05) is 27.1 Å². The second kappa shape index (κ2) is 23.8. The van der Waals surface area contributed by atoms with Crippen LogP contribution < -0.4 is 0 Å². The third-order valence-corrected chi connectivity index (χ3v) is 16.6. The van der Waals surface area contributed by atoms with Crippen LogP contribution in [0.1, 0.15) is 61.2 Å². The summed E-state index contributed by atoms with van der Waals surface area (Å²) in [7, 11) is 0. The van der Waals surface area contributed by atoms with Gasteiger partial charge < -0.3 is 9.13 Å². The van der Waals surface area contributed by atoms with Crippen molar-refractivity contribution in [1.29, 1.82) is 10.5 Å². The summed E-state index contributed by atoms with van der Waals surface area (Å²) >= 11 is 0. The highest BCUT2D eigenvalue weighted by Crippen LogP contribution is 2.50. The van der Waals surface area contributed by atoms with Crippen LogP contribution in [0.25, 0.3) is 111 Å². The lowest BCUT2D eigenvalue weighted by Gasteiger charge is -2.21. The highest BCUT2D eigenvalue weighted by Gasteiger charge is 2.42. The Bertz CT molecular complexity index is 5140. The number of fused-ring (bicyclic) bond motifs is 6. The van der Waals surface area contributed by atoms with Gasteiger partial charge in [0.2, 0.25) is 0 Å². The molecular weight excluding hydrogens is 1420 g/mol. The summed E-state index contributed by atoms with van der Waals surface area (Å²) < 4.78 is 392. The Morgan fingerprint density at radius 1 is 0.225 bits per heavy atom. The van der Waals surface area contributed by atoms with Crippen LogP contribution in [0.3, 0.4) is 0 Å². The summed E-state index contributed by atoms with van der Waals surface area (Å²) in [4.78, 5) is 0. The minimum absolute atomic E-state index is 0.211. The number of nitrogens with zero attached hydrogens (tertiary/aromatic N) is 4. The molecule has 12 aromatic rings. The fraction of sp³-hybridized carbons (Fsp3) is 0.127. The lowest BCUT2D eigenvalue weighted by molar-refractivity contribution is -0.144. The molecule has 522 valence electrons. The molecule has 12 rings (SSSR count). The number of rotatable bonds is 7. The zero-order chi connectivity index (χ0) is 74.5. The third kappa shape index (κ3) is 13.2. The topological polar surface area (TPSA) is 57.4 Å².